The molecule has 69 heavy (non-hydrogen) atoms. The number of carbonyl (C=O) groups excluding carboxylic acids is 2. The number of furan rings is 1. The number of carbonyl (C=O) groups is 2. The minimum atomic E-state index is -0.341. The second kappa shape index (κ2) is 34.9. The third-order valence-electron chi connectivity index (χ3n) is 8.39. The summed E-state index contributed by atoms with van der Waals surface area (Å²) in [4.78, 5) is 52.7. The zero-order chi connectivity index (χ0) is 53.6. The number of H-pyrrole nitrogens is 2. The minimum Gasteiger partial charge on any atom is -0.507 e. The van der Waals surface area contributed by atoms with Crippen LogP contribution < -0.4 is 27.1 Å². The predicted octanol–water partition coefficient (Wildman–Crippen LogP) is 9.26. The van der Waals surface area contributed by atoms with Gasteiger partial charge in [0.05, 0.1) is 6.26 Å². The Kier molecular flexibility index (Phi) is 32.8. The van der Waals surface area contributed by atoms with Crippen LogP contribution in [-0.4, -0.2) is 76.4 Å². The number of aromatic hydroxyl groups is 3. The van der Waals surface area contributed by atoms with E-state index in [2.05, 4.69) is 70.9 Å². The highest BCUT2D eigenvalue weighted by atomic mass is 32.1. The molecule has 0 aromatic carbocycles. The van der Waals surface area contributed by atoms with Crippen molar-refractivity contribution < 1.29 is 38.6 Å². The lowest BCUT2D eigenvalue weighted by Crippen LogP contribution is -2.22. The normalized spacial score (nSPS) is 11.1. The average Bonchev–Trinajstić information content (AvgIpc) is 4.15. The van der Waals surface area contributed by atoms with E-state index in [9.17, 15) is 19.2 Å². The fourth-order valence-corrected chi connectivity index (χ4v) is 5.63. The molecule has 0 saturated heterocycles. The number of aromatic nitrogens is 6. The highest BCUT2D eigenvalue weighted by Gasteiger charge is 2.12. The van der Waals surface area contributed by atoms with Crippen LogP contribution in [0.15, 0.2) is 72.2 Å². The molecule has 388 valence electrons. The topological polar surface area (TPSA) is 296 Å². The zero-order valence-electron chi connectivity index (χ0n) is 43.5. The lowest BCUT2D eigenvalue weighted by atomic mass is 10.1. The molecule has 6 heterocycles. The molecule has 0 unspecified atom stereocenters. The molecular weight excluding hydrogens is 929 g/mol. The van der Waals surface area contributed by atoms with E-state index in [1.807, 2.05) is 103 Å². The van der Waals surface area contributed by atoms with Crippen molar-refractivity contribution in [1.29, 1.82) is 0 Å². The van der Waals surface area contributed by atoms with Gasteiger partial charge in [0.2, 0.25) is 23.1 Å². The molecule has 0 fully saturated rings. The van der Waals surface area contributed by atoms with E-state index in [0.29, 0.717) is 46.6 Å². The van der Waals surface area contributed by atoms with Gasteiger partial charge in [-0.25, -0.2) is 5.48 Å². The molecule has 2 amide bonds. The molecule has 20 nitrogen and oxygen atoms in total. The molecule has 5 aromatic heterocycles. The minimum absolute atomic E-state index is 0.0463. The Balaban J connectivity index is 0. The second-order valence-corrected chi connectivity index (χ2v) is 18.8. The van der Waals surface area contributed by atoms with Gasteiger partial charge in [0, 0.05) is 83.2 Å². The number of aliphatic imine (C=N–C) groups is 1. The molecule has 0 radical (unpaired) electrons. The number of thiophene rings is 1. The van der Waals surface area contributed by atoms with Crippen molar-refractivity contribution in [1.82, 2.24) is 45.5 Å². The Morgan fingerprint density at radius 1 is 0.725 bits per heavy atom. The molecule has 0 saturated carbocycles. The maximum Gasteiger partial charge on any atom is 0.281 e. The summed E-state index contributed by atoms with van der Waals surface area (Å²) in [6.07, 6.45) is 3.75. The fourth-order valence-electron chi connectivity index (χ4n) is 4.22. The lowest BCUT2D eigenvalue weighted by molar-refractivity contribution is -0.124. The first-order chi connectivity index (χ1) is 32.1. The number of nitrogens with one attached hydrogen (secondary N) is 5. The fraction of sp³-hybridized carbons (Fsp3) is 0.553. The van der Waals surface area contributed by atoms with E-state index in [1.165, 1.54) is 17.4 Å². The maximum absolute atomic E-state index is 11.1. The van der Waals surface area contributed by atoms with Crippen LogP contribution in [0.25, 0.3) is 0 Å². The summed E-state index contributed by atoms with van der Waals surface area (Å²) in [7, 11) is 3.28. The first-order valence-electron chi connectivity index (χ1n) is 22.4. The van der Waals surface area contributed by atoms with Crippen LogP contribution in [0, 0.1) is 17.8 Å². The Hall–Kier alpha value is -6.29. The molecule has 5 aromatic rings. The largest absolute Gasteiger partial charge is 0.507 e. The summed E-state index contributed by atoms with van der Waals surface area (Å²) in [5.74, 6) is 5.54. The molecule has 0 bridgehead atoms. The Labute approximate surface area is 414 Å². The van der Waals surface area contributed by atoms with Crippen molar-refractivity contribution in [2.75, 3.05) is 14.1 Å². The number of amides is 2. The summed E-state index contributed by atoms with van der Waals surface area (Å²) in [6.45, 7) is 35.0. The molecule has 0 spiro atoms. The Morgan fingerprint density at radius 2 is 1.30 bits per heavy atom. The van der Waals surface area contributed by atoms with Gasteiger partial charge in [-0.3, -0.25) is 23.6 Å². The van der Waals surface area contributed by atoms with E-state index in [4.69, 9.17) is 29.0 Å². The van der Waals surface area contributed by atoms with Crippen LogP contribution in [0.4, 0.5) is 0 Å². The van der Waals surface area contributed by atoms with E-state index in [0.717, 1.165) is 35.4 Å². The van der Waals surface area contributed by atoms with Gasteiger partial charge >= 0.3 is 0 Å². The zero-order valence-corrected chi connectivity index (χ0v) is 45.2. The highest BCUT2D eigenvalue weighted by Crippen LogP contribution is 2.26. The predicted molar refractivity (Wildman–Crippen MR) is 274 cm³/mol. The molecular formula is C47H78N10O10S2. The van der Waals surface area contributed by atoms with Gasteiger partial charge in [-0.1, -0.05) is 116 Å². The molecule has 1 aliphatic heterocycles. The number of rotatable bonds is 8. The van der Waals surface area contributed by atoms with Gasteiger partial charge in [-0.15, -0.1) is 21.5 Å². The average molecular weight is 1010 g/mol. The van der Waals surface area contributed by atoms with Crippen LogP contribution in [0.1, 0.15) is 168 Å². The van der Waals surface area contributed by atoms with Crippen molar-refractivity contribution in [2.45, 2.75) is 140 Å². The first-order valence-corrected chi connectivity index (χ1v) is 24.0. The molecule has 0 aliphatic carbocycles. The van der Waals surface area contributed by atoms with Gasteiger partial charge in [0.1, 0.15) is 35.6 Å². The molecule has 22 heteroatoms. The summed E-state index contributed by atoms with van der Waals surface area (Å²) < 4.78 is 16.1. The van der Waals surface area contributed by atoms with Gasteiger partial charge < -0.3 is 39.6 Å². The summed E-state index contributed by atoms with van der Waals surface area (Å²) in [6, 6.07) is 3.44. The molecule has 1 aliphatic rings. The van der Waals surface area contributed by atoms with Gasteiger partial charge in [-0.05, 0) is 24.5 Å². The number of aromatic amines is 2. The highest BCUT2D eigenvalue weighted by molar-refractivity contribution is 7.10. The standard InChI is InChI=1S/C8H10O3.C7H10O2.C7H10OS.C6H10N2O.C5H8N2OS.2C5H11NO.C4H8N4/c1-5(2)6-3-11-4-7(9)8(6)10;2*1-5(2)7-3-6(8)4-9-7;1-4(2)6-7-5(3)9-8-6;1-3(2)4-5(8)7-9-6-4;2*1-4(2)5(7)6-3;1-3(2)4-5-7-8-6-4/h3-5,9H,1-2H3;2*3-5,8H,1-2H3;4H,3H2,1-2H3,(H,7,8);3H,1-2H3,(H,7,8);2*4H,1-3H3,(H,6,7);3H,1-2H3,(H,5,6,7,8). The quantitative estimate of drug-likeness (QED) is 0.0718. The van der Waals surface area contributed by atoms with E-state index in [-0.39, 0.29) is 58.0 Å². The third kappa shape index (κ3) is 28.6. The third-order valence-corrected chi connectivity index (χ3v) is 10.2. The molecule has 0 atom stereocenters. The van der Waals surface area contributed by atoms with E-state index < -0.39 is 0 Å². The van der Waals surface area contributed by atoms with Crippen LogP contribution in [0.5, 0.6) is 17.2 Å². The summed E-state index contributed by atoms with van der Waals surface area (Å²) in [5, 5.41) is 46.8. The summed E-state index contributed by atoms with van der Waals surface area (Å²) >= 11 is 2.71. The summed E-state index contributed by atoms with van der Waals surface area (Å²) in [5.41, 5.74) is 3.41. The second-order valence-electron chi connectivity index (χ2n) is 17.3. The molecule has 8 N–H and O–H groups in total. The number of hydroxylamine groups is 1. The Morgan fingerprint density at radius 3 is 1.52 bits per heavy atom. The van der Waals surface area contributed by atoms with Crippen LogP contribution in [-0.2, 0) is 14.4 Å². The number of hydrogen-bond donors (Lipinski definition) is 8. The van der Waals surface area contributed by atoms with Crippen LogP contribution in [0.2, 0.25) is 0 Å². The molecule has 6 rings (SSSR count). The number of nitrogens with zero attached hydrogens (tertiary/aromatic N) is 5. The van der Waals surface area contributed by atoms with Crippen molar-refractivity contribution in [2.24, 2.45) is 22.7 Å². The van der Waals surface area contributed by atoms with Crippen molar-refractivity contribution >= 4 is 40.7 Å². The SMILES string of the molecule is C=C1N=C(C(C)C)NO1.CC(C)c1cc(O)co1.CC(C)c1cc(O)cs1.CC(C)c1cocc(O)c1=O.CC(C)c1nn[nH]n1.CC(C)c1ns[nH]c1=O.CNC(=O)C(C)C.CNC(=O)C(C)C. The van der Waals surface area contributed by atoms with Crippen LogP contribution in [0.3, 0.4) is 0 Å². The van der Waals surface area contributed by atoms with Crippen molar-refractivity contribution in [3.63, 3.8) is 0 Å². The van der Waals surface area contributed by atoms with Crippen molar-refractivity contribution in [3.05, 3.63) is 97.1 Å². The number of hydrogen-bond acceptors (Lipinski definition) is 18. The number of tetrazole rings is 1. The van der Waals surface area contributed by atoms with E-state index >= 15 is 0 Å². The monoisotopic (exact) mass is 1010 g/mol. The van der Waals surface area contributed by atoms with Crippen molar-refractivity contribution in [3.8, 4) is 17.2 Å². The lowest BCUT2D eigenvalue weighted by Gasteiger charge is -2.01. The van der Waals surface area contributed by atoms with Gasteiger partial charge in [-0.2, -0.15) is 14.6 Å². The smallest absolute Gasteiger partial charge is 0.281 e. The maximum atomic E-state index is 11.1. The van der Waals surface area contributed by atoms with E-state index in [1.54, 1.807) is 36.9 Å². The van der Waals surface area contributed by atoms with Gasteiger partial charge in [0.25, 0.3) is 5.56 Å². The number of amidine groups is 1. The Bertz CT molecular complexity index is 2240. The first kappa shape index (κ1) is 64.8. The van der Waals surface area contributed by atoms with Gasteiger partial charge in [0.15, 0.2) is 17.3 Å². The van der Waals surface area contributed by atoms with Crippen LogP contribution >= 0.6 is 23.1 Å².